The third-order valence-electron chi connectivity index (χ3n) is 2.25. The Morgan fingerprint density at radius 1 is 1.19 bits per heavy atom. The van der Waals surface area contributed by atoms with Crippen molar-refractivity contribution in [2.45, 2.75) is 6.54 Å². The number of anilines is 2. The molecule has 4 heteroatoms. The van der Waals surface area contributed by atoms with Crippen molar-refractivity contribution in [3.05, 3.63) is 52.6 Å². The summed E-state index contributed by atoms with van der Waals surface area (Å²) in [5, 5.41) is 3.29. The summed E-state index contributed by atoms with van der Waals surface area (Å²) < 4.78 is 1.07. The molecule has 3 nitrogen and oxygen atoms in total. The van der Waals surface area contributed by atoms with Crippen molar-refractivity contribution in [3.63, 3.8) is 0 Å². The maximum Gasteiger partial charge on any atom is 0.128 e. The number of benzene rings is 1. The summed E-state index contributed by atoms with van der Waals surface area (Å²) in [6.07, 6.45) is 1.69. The predicted octanol–water partition coefficient (Wildman–Crippen LogP) is 3.04. The molecule has 1 aromatic carbocycles. The molecule has 0 unspecified atom stereocenters. The van der Waals surface area contributed by atoms with Crippen LogP contribution >= 0.6 is 15.9 Å². The summed E-state index contributed by atoms with van der Waals surface area (Å²) in [4.78, 5) is 4.04. The van der Waals surface area contributed by atoms with Crippen LogP contribution in [-0.4, -0.2) is 4.98 Å². The summed E-state index contributed by atoms with van der Waals surface area (Å²) >= 11 is 3.40. The van der Waals surface area contributed by atoms with Gasteiger partial charge in [-0.2, -0.15) is 0 Å². The van der Waals surface area contributed by atoms with Crippen molar-refractivity contribution in [1.82, 2.24) is 4.98 Å². The second-order valence-corrected chi connectivity index (χ2v) is 4.32. The Morgan fingerprint density at radius 2 is 1.94 bits per heavy atom. The molecule has 0 aliphatic carbocycles. The molecule has 0 bridgehead atoms. The van der Waals surface area contributed by atoms with Crippen LogP contribution in [0.25, 0.3) is 0 Å². The number of pyridine rings is 1. The van der Waals surface area contributed by atoms with E-state index in [1.807, 2.05) is 36.4 Å². The molecule has 0 saturated carbocycles. The fraction of sp³-hybridized carbons (Fsp3) is 0.0833. The van der Waals surface area contributed by atoms with Crippen LogP contribution in [0.5, 0.6) is 0 Å². The van der Waals surface area contributed by atoms with Crippen LogP contribution in [0, 0.1) is 0 Å². The average molecular weight is 278 g/mol. The summed E-state index contributed by atoms with van der Waals surface area (Å²) in [6.45, 7) is 0.682. The minimum absolute atomic E-state index is 0.576. The van der Waals surface area contributed by atoms with Gasteiger partial charge in [0.05, 0.1) is 0 Å². The van der Waals surface area contributed by atoms with Gasteiger partial charge in [0.1, 0.15) is 5.82 Å². The summed E-state index contributed by atoms with van der Waals surface area (Å²) in [7, 11) is 0. The van der Waals surface area contributed by atoms with Crippen molar-refractivity contribution in [3.8, 4) is 0 Å². The molecule has 2 rings (SSSR count). The van der Waals surface area contributed by atoms with Gasteiger partial charge < -0.3 is 11.1 Å². The standard InChI is InChI=1S/C12H12BrN3/c13-10-3-5-11(6-4-10)16-8-9-2-1-7-15-12(9)14/h1-7,16H,8H2,(H2,14,15). The molecule has 1 aromatic heterocycles. The van der Waals surface area contributed by atoms with Gasteiger partial charge in [-0.05, 0) is 30.3 Å². The fourth-order valence-electron chi connectivity index (χ4n) is 1.37. The first-order chi connectivity index (χ1) is 7.75. The monoisotopic (exact) mass is 277 g/mol. The number of halogens is 1. The molecule has 0 fully saturated rings. The van der Waals surface area contributed by atoms with E-state index in [-0.39, 0.29) is 0 Å². The Kier molecular flexibility index (Phi) is 3.41. The number of aromatic nitrogens is 1. The van der Waals surface area contributed by atoms with Crippen LogP contribution in [0.15, 0.2) is 47.1 Å². The van der Waals surface area contributed by atoms with Crippen molar-refractivity contribution < 1.29 is 0 Å². The molecule has 2 aromatic rings. The van der Waals surface area contributed by atoms with E-state index in [0.29, 0.717) is 12.4 Å². The smallest absolute Gasteiger partial charge is 0.128 e. The van der Waals surface area contributed by atoms with E-state index in [1.54, 1.807) is 6.20 Å². The Balaban J connectivity index is 2.02. The molecule has 1 heterocycles. The molecule has 3 N–H and O–H groups in total. The van der Waals surface area contributed by atoms with Crippen LogP contribution in [0.1, 0.15) is 5.56 Å². The number of nitrogens with one attached hydrogen (secondary N) is 1. The normalized spacial score (nSPS) is 10.1. The van der Waals surface area contributed by atoms with Crippen molar-refractivity contribution in [2.75, 3.05) is 11.1 Å². The fourth-order valence-corrected chi connectivity index (χ4v) is 1.63. The zero-order valence-electron chi connectivity index (χ0n) is 8.65. The molecule has 16 heavy (non-hydrogen) atoms. The van der Waals surface area contributed by atoms with Crippen molar-refractivity contribution in [2.24, 2.45) is 0 Å². The van der Waals surface area contributed by atoms with Crippen LogP contribution in [0.4, 0.5) is 11.5 Å². The highest BCUT2D eigenvalue weighted by Crippen LogP contribution is 2.16. The minimum atomic E-state index is 0.576. The first kappa shape index (κ1) is 11.0. The molecule has 82 valence electrons. The van der Waals surface area contributed by atoms with Gasteiger partial charge in [-0.25, -0.2) is 4.98 Å². The number of hydrogen-bond donors (Lipinski definition) is 2. The molecule has 0 radical (unpaired) electrons. The van der Waals surface area contributed by atoms with E-state index in [0.717, 1.165) is 15.7 Å². The molecular formula is C12H12BrN3. The highest BCUT2D eigenvalue weighted by molar-refractivity contribution is 9.10. The van der Waals surface area contributed by atoms with Crippen molar-refractivity contribution >= 4 is 27.4 Å². The highest BCUT2D eigenvalue weighted by atomic mass is 79.9. The summed E-state index contributed by atoms with van der Waals surface area (Å²) in [5.74, 6) is 0.576. The quantitative estimate of drug-likeness (QED) is 0.907. The van der Waals surface area contributed by atoms with E-state index >= 15 is 0 Å². The lowest BCUT2D eigenvalue weighted by Crippen LogP contribution is -2.03. The molecule has 0 amide bonds. The largest absolute Gasteiger partial charge is 0.383 e. The lowest BCUT2D eigenvalue weighted by molar-refractivity contribution is 1.12. The molecule has 0 spiro atoms. The third kappa shape index (κ3) is 2.73. The molecule has 0 atom stereocenters. The van der Waals surface area contributed by atoms with Crippen LogP contribution < -0.4 is 11.1 Å². The third-order valence-corrected chi connectivity index (χ3v) is 2.78. The second kappa shape index (κ2) is 4.99. The van der Waals surface area contributed by atoms with Crippen molar-refractivity contribution in [1.29, 1.82) is 0 Å². The topological polar surface area (TPSA) is 50.9 Å². The predicted molar refractivity (Wildman–Crippen MR) is 70.1 cm³/mol. The molecular weight excluding hydrogens is 266 g/mol. The Hall–Kier alpha value is -1.55. The Labute approximate surface area is 103 Å². The first-order valence-corrected chi connectivity index (χ1v) is 5.74. The number of nitrogens with two attached hydrogens (primary N) is 1. The average Bonchev–Trinajstić information content (AvgIpc) is 2.30. The number of hydrogen-bond acceptors (Lipinski definition) is 3. The van der Waals surface area contributed by atoms with Crippen LogP contribution in [0.3, 0.4) is 0 Å². The van der Waals surface area contributed by atoms with E-state index in [9.17, 15) is 0 Å². The lowest BCUT2D eigenvalue weighted by Gasteiger charge is -2.07. The Bertz CT molecular complexity index is 468. The Morgan fingerprint density at radius 3 is 2.62 bits per heavy atom. The first-order valence-electron chi connectivity index (χ1n) is 4.94. The van der Waals surface area contributed by atoms with Gasteiger partial charge >= 0.3 is 0 Å². The van der Waals surface area contributed by atoms with E-state index < -0.39 is 0 Å². The number of nitrogen functional groups attached to an aromatic ring is 1. The zero-order chi connectivity index (χ0) is 11.4. The van der Waals surface area contributed by atoms with Gasteiger partial charge in [0.15, 0.2) is 0 Å². The maximum absolute atomic E-state index is 5.75. The lowest BCUT2D eigenvalue weighted by atomic mass is 10.2. The highest BCUT2D eigenvalue weighted by Gasteiger charge is 1.98. The summed E-state index contributed by atoms with van der Waals surface area (Å²) in [6, 6.07) is 11.9. The van der Waals surface area contributed by atoms with E-state index in [1.165, 1.54) is 0 Å². The van der Waals surface area contributed by atoms with Gasteiger partial charge in [-0.1, -0.05) is 22.0 Å². The summed E-state index contributed by atoms with van der Waals surface area (Å²) in [5.41, 5.74) is 7.82. The van der Waals surface area contributed by atoms with Gasteiger partial charge in [0.2, 0.25) is 0 Å². The van der Waals surface area contributed by atoms with Crippen LogP contribution in [-0.2, 0) is 6.54 Å². The van der Waals surface area contributed by atoms with Gasteiger partial charge in [-0.15, -0.1) is 0 Å². The van der Waals surface area contributed by atoms with Crippen LogP contribution in [0.2, 0.25) is 0 Å². The number of nitrogens with zero attached hydrogens (tertiary/aromatic N) is 1. The molecule has 0 aliphatic rings. The van der Waals surface area contributed by atoms with Gasteiger partial charge in [-0.3, -0.25) is 0 Å². The SMILES string of the molecule is Nc1ncccc1CNc1ccc(Br)cc1. The minimum Gasteiger partial charge on any atom is -0.383 e. The maximum atomic E-state index is 5.75. The second-order valence-electron chi connectivity index (χ2n) is 3.41. The van der Waals surface area contributed by atoms with Gasteiger partial charge in [0.25, 0.3) is 0 Å². The number of rotatable bonds is 3. The van der Waals surface area contributed by atoms with E-state index in [4.69, 9.17) is 5.73 Å². The zero-order valence-corrected chi connectivity index (χ0v) is 10.2. The van der Waals surface area contributed by atoms with Gasteiger partial charge in [0, 0.05) is 28.5 Å². The molecule has 0 aliphatic heterocycles. The van der Waals surface area contributed by atoms with E-state index in [2.05, 4.69) is 26.2 Å². The molecule has 0 saturated heterocycles.